The van der Waals surface area contributed by atoms with Gasteiger partial charge in [0.25, 0.3) is 0 Å². The number of nitrogens with zero attached hydrogens (tertiary/aromatic N) is 2. The number of hydrogen-bond donors (Lipinski definition) is 2. The number of pyridine rings is 1. The Morgan fingerprint density at radius 2 is 1.86 bits per heavy atom. The predicted octanol–water partition coefficient (Wildman–Crippen LogP) is 1.35. The highest BCUT2D eigenvalue weighted by Gasteiger charge is 2.16. The summed E-state index contributed by atoms with van der Waals surface area (Å²) >= 11 is 0. The van der Waals surface area contributed by atoms with Crippen LogP contribution in [0.15, 0.2) is 30.5 Å². The van der Waals surface area contributed by atoms with Gasteiger partial charge in [0.1, 0.15) is 5.82 Å². The Bertz CT molecular complexity index is 674. The minimum absolute atomic E-state index is 0.0100. The Balaban J connectivity index is 2.35. The maximum absolute atomic E-state index is 13.6. The summed E-state index contributed by atoms with van der Waals surface area (Å²) in [6.45, 7) is -0.905. The van der Waals surface area contributed by atoms with Crippen molar-refractivity contribution in [2.75, 3.05) is 13.1 Å². The largest absolute Gasteiger partial charge is 0.480 e. The third kappa shape index (κ3) is 3.96. The molecule has 0 unspecified atom stereocenters. The lowest BCUT2D eigenvalue weighted by Gasteiger charge is -2.18. The van der Waals surface area contributed by atoms with E-state index < -0.39 is 30.8 Å². The van der Waals surface area contributed by atoms with Crippen molar-refractivity contribution in [2.45, 2.75) is 6.54 Å². The molecular weight excluding hydrogens is 279 g/mol. The minimum atomic E-state index is -1.15. The van der Waals surface area contributed by atoms with Crippen molar-refractivity contribution in [3.8, 4) is 0 Å². The van der Waals surface area contributed by atoms with Crippen LogP contribution in [0.1, 0.15) is 5.56 Å². The molecule has 0 aliphatic heterocycles. The molecule has 2 rings (SSSR count). The second-order valence-corrected chi connectivity index (χ2v) is 4.57. The van der Waals surface area contributed by atoms with E-state index in [9.17, 15) is 14.0 Å². The van der Waals surface area contributed by atoms with Crippen LogP contribution in [0, 0.1) is 5.82 Å². The van der Waals surface area contributed by atoms with Crippen molar-refractivity contribution in [3.05, 3.63) is 41.8 Å². The van der Waals surface area contributed by atoms with Crippen molar-refractivity contribution in [1.29, 1.82) is 0 Å². The fourth-order valence-corrected chi connectivity index (χ4v) is 2.14. The number of benzene rings is 1. The third-order valence-electron chi connectivity index (χ3n) is 2.86. The van der Waals surface area contributed by atoms with E-state index in [1.54, 1.807) is 18.3 Å². The van der Waals surface area contributed by atoms with Crippen molar-refractivity contribution >= 4 is 22.8 Å². The summed E-state index contributed by atoms with van der Waals surface area (Å²) in [7, 11) is 0. The average molecular weight is 292 g/mol. The summed E-state index contributed by atoms with van der Waals surface area (Å²) in [6.07, 6.45) is 1.54. The van der Waals surface area contributed by atoms with E-state index in [4.69, 9.17) is 10.2 Å². The van der Waals surface area contributed by atoms with E-state index in [1.165, 1.54) is 17.0 Å². The Labute approximate surface area is 119 Å². The first-order valence-electron chi connectivity index (χ1n) is 6.15. The highest BCUT2D eigenvalue weighted by atomic mass is 19.1. The number of carboxylic acid groups (broad SMARTS) is 2. The highest BCUT2D eigenvalue weighted by Crippen LogP contribution is 2.19. The topological polar surface area (TPSA) is 90.7 Å². The number of fused-ring (bicyclic) bond motifs is 1. The van der Waals surface area contributed by atoms with Crippen LogP contribution >= 0.6 is 0 Å². The van der Waals surface area contributed by atoms with Gasteiger partial charge in [-0.05, 0) is 23.8 Å². The zero-order valence-electron chi connectivity index (χ0n) is 11.0. The standard InChI is InChI=1S/C14H13FN2O4/c15-11-4-9-2-1-3-16-14(9)10(5-11)6-17(7-12(18)19)8-13(20)21/h1-5H,6-8H2,(H,18,19)(H,20,21). The van der Waals surface area contributed by atoms with Crippen LogP contribution in [0.5, 0.6) is 0 Å². The van der Waals surface area contributed by atoms with Gasteiger partial charge in [0.05, 0.1) is 18.6 Å². The fourth-order valence-electron chi connectivity index (χ4n) is 2.14. The number of carbonyl (C=O) groups is 2. The van der Waals surface area contributed by atoms with Gasteiger partial charge in [-0.3, -0.25) is 19.5 Å². The molecule has 2 N–H and O–H groups in total. The number of aromatic nitrogens is 1. The molecule has 0 aliphatic rings. The molecule has 0 fully saturated rings. The van der Waals surface area contributed by atoms with Gasteiger partial charge in [-0.1, -0.05) is 6.07 Å². The van der Waals surface area contributed by atoms with Crippen LogP contribution in [0.3, 0.4) is 0 Å². The Hall–Kier alpha value is -2.54. The van der Waals surface area contributed by atoms with E-state index in [1.807, 2.05) is 0 Å². The average Bonchev–Trinajstić information content (AvgIpc) is 2.36. The van der Waals surface area contributed by atoms with E-state index in [0.29, 0.717) is 16.5 Å². The van der Waals surface area contributed by atoms with Gasteiger partial charge in [-0.2, -0.15) is 0 Å². The molecule has 110 valence electrons. The van der Waals surface area contributed by atoms with Gasteiger partial charge in [-0.25, -0.2) is 4.39 Å². The molecule has 0 aliphatic carbocycles. The highest BCUT2D eigenvalue weighted by molar-refractivity contribution is 5.82. The van der Waals surface area contributed by atoms with Crippen LogP contribution in [-0.4, -0.2) is 45.1 Å². The smallest absolute Gasteiger partial charge is 0.317 e. The maximum Gasteiger partial charge on any atom is 0.317 e. The molecule has 7 heteroatoms. The summed E-state index contributed by atoms with van der Waals surface area (Å²) in [5.41, 5.74) is 0.979. The van der Waals surface area contributed by atoms with Crippen molar-refractivity contribution in [2.24, 2.45) is 0 Å². The van der Waals surface area contributed by atoms with Crippen LogP contribution in [0.25, 0.3) is 10.9 Å². The van der Waals surface area contributed by atoms with Crippen molar-refractivity contribution in [1.82, 2.24) is 9.88 Å². The lowest BCUT2D eigenvalue weighted by Crippen LogP contribution is -2.34. The molecule has 6 nitrogen and oxygen atoms in total. The first kappa shape index (κ1) is 14.9. The molecule has 0 saturated heterocycles. The number of aliphatic carboxylic acids is 2. The van der Waals surface area contributed by atoms with Crippen molar-refractivity contribution < 1.29 is 24.2 Å². The van der Waals surface area contributed by atoms with Crippen LogP contribution in [0.4, 0.5) is 4.39 Å². The van der Waals surface area contributed by atoms with E-state index in [0.717, 1.165) is 0 Å². The first-order valence-corrected chi connectivity index (χ1v) is 6.15. The Kier molecular flexibility index (Phi) is 4.44. The number of rotatable bonds is 6. The predicted molar refractivity (Wildman–Crippen MR) is 72.2 cm³/mol. The van der Waals surface area contributed by atoms with Crippen LogP contribution in [0.2, 0.25) is 0 Å². The lowest BCUT2D eigenvalue weighted by atomic mass is 10.1. The van der Waals surface area contributed by atoms with Crippen LogP contribution < -0.4 is 0 Å². The molecule has 0 saturated carbocycles. The van der Waals surface area contributed by atoms with Gasteiger partial charge >= 0.3 is 11.9 Å². The molecule has 0 radical (unpaired) electrons. The number of hydrogen-bond acceptors (Lipinski definition) is 4. The quantitative estimate of drug-likeness (QED) is 0.835. The second kappa shape index (κ2) is 6.27. The minimum Gasteiger partial charge on any atom is -0.480 e. The fraction of sp³-hybridized carbons (Fsp3) is 0.214. The first-order chi connectivity index (χ1) is 9.95. The molecular formula is C14H13FN2O4. The molecule has 0 atom stereocenters. The van der Waals surface area contributed by atoms with E-state index in [-0.39, 0.29) is 6.54 Å². The summed E-state index contributed by atoms with van der Waals surface area (Å²) in [5.74, 6) is -2.77. The molecule has 1 aromatic heterocycles. The normalized spacial score (nSPS) is 11.0. The molecule has 0 bridgehead atoms. The van der Waals surface area contributed by atoms with Gasteiger partial charge in [0, 0.05) is 18.1 Å². The SMILES string of the molecule is O=C(O)CN(CC(=O)O)Cc1cc(F)cc2cccnc12. The molecule has 21 heavy (non-hydrogen) atoms. The van der Waals surface area contributed by atoms with E-state index in [2.05, 4.69) is 4.98 Å². The summed E-state index contributed by atoms with van der Waals surface area (Å²) in [5, 5.41) is 18.2. The molecule has 2 aromatic rings. The van der Waals surface area contributed by atoms with Crippen LogP contribution in [-0.2, 0) is 16.1 Å². The number of halogens is 1. The number of carboxylic acids is 2. The summed E-state index contributed by atoms with van der Waals surface area (Å²) in [4.78, 5) is 26.9. The summed E-state index contributed by atoms with van der Waals surface area (Å²) in [6, 6.07) is 5.92. The molecule has 0 spiro atoms. The van der Waals surface area contributed by atoms with Crippen molar-refractivity contribution in [3.63, 3.8) is 0 Å². The Morgan fingerprint density at radius 1 is 1.19 bits per heavy atom. The van der Waals surface area contributed by atoms with E-state index >= 15 is 0 Å². The van der Waals surface area contributed by atoms with Gasteiger partial charge in [0.2, 0.25) is 0 Å². The lowest BCUT2D eigenvalue weighted by molar-refractivity contribution is -0.141. The second-order valence-electron chi connectivity index (χ2n) is 4.57. The monoisotopic (exact) mass is 292 g/mol. The molecule has 0 amide bonds. The third-order valence-corrected chi connectivity index (χ3v) is 2.86. The Morgan fingerprint density at radius 3 is 2.48 bits per heavy atom. The zero-order valence-corrected chi connectivity index (χ0v) is 11.0. The zero-order chi connectivity index (χ0) is 15.4. The van der Waals surface area contributed by atoms with Gasteiger partial charge < -0.3 is 10.2 Å². The molecule has 1 heterocycles. The maximum atomic E-state index is 13.6. The van der Waals surface area contributed by atoms with Gasteiger partial charge in [0.15, 0.2) is 0 Å². The summed E-state index contributed by atoms with van der Waals surface area (Å²) < 4.78 is 13.6. The van der Waals surface area contributed by atoms with Gasteiger partial charge in [-0.15, -0.1) is 0 Å². The molecule has 1 aromatic carbocycles.